The van der Waals surface area contributed by atoms with Crippen LogP contribution in [0.5, 0.6) is 11.5 Å². The van der Waals surface area contributed by atoms with Crippen LogP contribution in [0.25, 0.3) is 0 Å². The number of piperidine rings is 1. The molecule has 0 bridgehead atoms. The second-order valence-corrected chi connectivity index (χ2v) is 8.10. The number of benzene rings is 1. The van der Waals surface area contributed by atoms with E-state index in [1.54, 1.807) is 7.11 Å². The second-order valence-electron chi connectivity index (χ2n) is 8.10. The maximum atomic E-state index is 12.7. The van der Waals surface area contributed by atoms with Crippen molar-refractivity contribution < 1.29 is 18.6 Å². The summed E-state index contributed by atoms with van der Waals surface area (Å²) in [6, 6.07) is 4.38. The van der Waals surface area contributed by atoms with E-state index in [2.05, 4.69) is 24.8 Å². The van der Waals surface area contributed by atoms with E-state index >= 15 is 0 Å². The molecule has 4 rings (SSSR count). The summed E-state index contributed by atoms with van der Waals surface area (Å²) in [5, 5.41) is 0. The first-order chi connectivity index (χ1) is 12.1. The summed E-state index contributed by atoms with van der Waals surface area (Å²) in [7, 11) is 1.61. The first-order valence-electron chi connectivity index (χ1n) is 9.34. The lowest BCUT2D eigenvalue weighted by molar-refractivity contribution is 0.0223. The molecule has 3 unspecified atom stereocenters. The molecule has 2 saturated heterocycles. The fourth-order valence-corrected chi connectivity index (χ4v) is 4.80. The first-order valence-corrected chi connectivity index (χ1v) is 9.34. The van der Waals surface area contributed by atoms with Gasteiger partial charge in [-0.1, -0.05) is 28.7 Å². The van der Waals surface area contributed by atoms with Gasteiger partial charge in [-0.25, -0.2) is 4.39 Å². The van der Waals surface area contributed by atoms with E-state index in [0.717, 1.165) is 32.5 Å². The molecular formula is C22H36FNO3. The zero-order valence-electron chi connectivity index (χ0n) is 15.4. The molecule has 1 aromatic rings. The van der Waals surface area contributed by atoms with E-state index in [9.17, 15) is 4.39 Å². The predicted molar refractivity (Wildman–Crippen MR) is 107 cm³/mol. The normalized spacial score (nSPS) is 28.6. The summed E-state index contributed by atoms with van der Waals surface area (Å²) in [6.07, 6.45) is 3.24. The third kappa shape index (κ3) is 3.95. The minimum Gasteiger partial charge on any atom is -0.493 e. The van der Waals surface area contributed by atoms with Gasteiger partial charge in [-0.05, 0) is 48.4 Å². The van der Waals surface area contributed by atoms with Crippen LogP contribution in [0.15, 0.2) is 12.1 Å². The highest BCUT2D eigenvalue weighted by molar-refractivity contribution is 5.50. The lowest BCUT2D eigenvalue weighted by atomic mass is 9.74. The molecule has 5 heteroatoms. The molecule has 4 nitrogen and oxygen atoms in total. The monoisotopic (exact) mass is 380 g/mol. The van der Waals surface area contributed by atoms with E-state index in [0.29, 0.717) is 29.4 Å². The van der Waals surface area contributed by atoms with E-state index in [1.807, 2.05) is 6.07 Å². The highest BCUT2D eigenvalue weighted by Gasteiger charge is 2.57. The van der Waals surface area contributed by atoms with E-state index in [1.165, 1.54) is 17.5 Å². The standard InChI is InChI=1S/C20H28FNO3.2CH4/c1-13(2)6-15-10-22-5-4-14-7-19(24-12-21)18(23-3)8-16(14)17(22)9-20(15)11-25-20;;/h7-8,13,15,17H,4-6,9-12H2,1-3H3;2*1H4/i21-1;;. The zero-order chi connectivity index (χ0) is 17.6. The van der Waals surface area contributed by atoms with Crippen LogP contribution < -0.4 is 9.47 Å². The van der Waals surface area contributed by atoms with Crippen LogP contribution in [0.3, 0.4) is 0 Å². The summed E-state index contributed by atoms with van der Waals surface area (Å²) >= 11 is 0. The number of rotatable bonds is 5. The lowest BCUT2D eigenvalue weighted by Gasteiger charge is -2.47. The van der Waals surface area contributed by atoms with Crippen LogP contribution in [-0.2, 0) is 11.2 Å². The Morgan fingerprint density at radius 2 is 2.04 bits per heavy atom. The van der Waals surface area contributed by atoms with E-state index in [4.69, 9.17) is 14.2 Å². The molecule has 1 aromatic carbocycles. The molecule has 0 N–H and O–H groups in total. The van der Waals surface area contributed by atoms with Crippen molar-refractivity contribution in [1.29, 1.82) is 0 Å². The Morgan fingerprint density at radius 1 is 1.30 bits per heavy atom. The van der Waals surface area contributed by atoms with Crippen molar-refractivity contribution in [2.75, 3.05) is 33.7 Å². The topological polar surface area (TPSA) is 34.2 Å². The summed E-state index contributed by atoms with van der Waals surface area (Å²) in [5.74, 6) is 2.44. The van der Waals surface area contributed by atoms with Crippen LogP contribution in [0.2, 0.25) is 0 Å². The van der Waals surface area contributed by atoms with Crippen LogP contribution >= 0.6 is 0 Å². The second kappa shape index (κ2) is 8.36. The van der Waals surface area contributed by atoms with Crippen LogP contribution in [-0.4, -0.2) is 44.2 Å². The van der Waals surface area contributed by atoms with Crippen molar-refractivity contribution in [3.8, 4) is 11.5 Å². The largest absolute Gasteiger partial charge is 0.493 e. The third-order valence-corrected chi connectivity index (χ3v) is 6.11. The minimum absolute atomic E-state index is 0. The minimum atomic E-state index is -0.835. The molecule has 3 atom stereocenters. The van der Waals surface area contributed by atoms with Gasteiger partial charge in [0, 0.05) is 25.0 Å². The number of nitrogens with zero attached hydrogens (tertiary/aromatic N) is 1. The summed E-state index contributed by atoms with van der Waals surface area (Å²) in [5.41, 5.74) is 2.62. The van der Waals surface area contributed by atoms with Gasteiger partial charge in [0.25, 0.3) is 0 Å². The lowest BCUT2D eigenvalue weighted by Crippen LogP contribution is -2.50. The molecule has 2 fully saturated rings. The summed E-state index contributed by atoms with van der Waals surface area (Å²) in [6.45, 7) is 6.80. The van der Waals surface area contributed by atoms with Gasteiger partial charge < -0.3 is 14.2 Å². The van der Waals surface area contributed by atoms with Crippen molar-refractivity contribution in [3.05, 3.63) is 23.3 Å². The van der Waals surface area contributed by atoms with Crippen LogP contribution in [0.1, 0.15) is 58.7 Å². The fourth-order valence-electron chi connectivity index (χ4n) is 4.80. The molecule has 3 aliphatic heterocycles. The van der Waals surface area contributed by atoms with Crippen LogP contribution in [0, 0.1) is 11.8 Å². The Labute approximate surface area is 164 Å². The Morgan fingerprint density at radius 3 is 2.63 bits per heavy atom. The van der Waals surface area contributed by atoms with Gasteiger partial charge in [0.1, 0.15) is 0 Å². The first kappa shape index (κ1) is 22.0. The molecule has 3 aliphatic rings. The fraction of sp³-hybridized carbons (Fsp3) is 0.727. The molecule has 0 saturated carbocycles. The number of methoxy groups -OCH3 is 1. The smallest absolute Gasteiger partial charge is 0.228 e. The quantitative estimate of drug-likeness (QED) is 0.673. The SMILES string of the molecule is C.C.COc1cc2c(cc1OC[18F])CCN1CC(CC(C)C)C3(CO3)CC21. The summed E-state index contributed by atoms with van der Waals surface area (Å²) < 4.78 is 29.2. The number of alkyl halides is 1. The van der Waals surface area contributed by atoms with Gasteiger partial charge in [-0.15, -0.1) is 0 Å². The molecule has 0 radical (unpaired) electrons. The van der Waals surface area contributed by atoms with Gasteiger partial charge in [0.15, 0.2) is 11.5 Å². The average molecular weight is 381 g/mol. The van der Waals surface area contributed by atoms with Gasteiger partial charge in [-0.3, -0.25) is 4.90 Å². The Hall–Kier alpha value is -1.33. The molecule has 0 aliphatic carbocycles. The number of ether oxygens (including phenoxy) is 3. The zero-order valence-corrected chi connectivity index (χ0v) is 15.4. The molecule has 3 heterocycles. The van der Waals surface area contributed by atoms with E-state index in [-0.39, 0.29) is 20.5 Å². The van der Waals surface area contributed by atoms with Crippen molar-refractivity contribution in [3.63, 3.8) is 0 Å². The third-order valence-electron chi connectivity index (χ3n) is 6.11. The predicted octanol–water partition coefficient (Wildman–Crippen LogP) is 5.01. The Bertz CT molecular complexity index is 645. The molecule has 154 valence electrons. The number of hydrogen-bond acceptors (Lipinski definition) is 4. The highest BCUT2D eigenvalue weighted by atomic mass is 18.2. The number of epoxide rings is 1. The number of fused-ring (bicyclic) bond motifs is 3. The Balaban J connectivity index is 0.00000131. The maximum absolute atomic E-state index is 12.7. The molecule has 0 amide bonds. The maximum Gasteiger partial charge on any atom is 0.228 e. The van der Waals surface area contributed by atoms with Gasteiger partial charge in [0.05, 0.1) is 19.3 Å². The van der Waals surface area contributed by atoms with Gasteiger partial charge in [0.2, 0.25) is 6.86 Å². The number of hydrogen-bond donors (Lipinski definition) is 0. The van der Waals surface area contributed by atoms with Crippen molar-refractivity contribution in [2.24, 2.45) is 11.8 Å². The van der Waals surface area contributed by atoms with Crippen molar-refractivity contribution in [2.45, 2.75) is 59.6 Å². The highest BCUT2D eigenvalue weighted by Crippen LogP contribution is 2.53. The number of halogens is 1. The van der Waals surface area contributed by atoms with E-state index < -0.39 is 6.86 Å². The Kier molecular flexibility index (Phi) is 6.80. The summed E-state index contributed by atoms with van der Waals surface area (Å²) in [4.78, 5) is 2.61. The average Bonchev–Trinajstić information content (AvgIpc) is 3.35. The van der Waals surface area contributed by atoms with Crippen LogP contribution in [0.4, 0.5) is 4.39 Å². The molecule has 0 aromatic heterocycles. The van der Waals surface area contributed by atoms with Gasteiger partial charge in [-0.2, -0.15) is 0 Å². The molecule has 27 heavy (non-hydrogen) atoms. The molecule has 1 spiro atoms. The van der Waals surface area contributed by atoms with Crippen molar-refractivity contribution in [1.82, 2.24) is 4.90 Å². The van der Waals surface area contributed by atoms with Crippen molar-refractivity contribution >= 4 is 0 Å². The molecular weight excluding hydrogens is 344 g/mol. The van der Waals surface area contributed by atoms with Gasteiger partial charge >= 0.3 is 0 Å².